The first-order chi connectivity index (χ1) is 8.02. The van der Waals surface area contributed by atoms with Crippen LogP contribution in [0.2, 0.25) is 0 Å². The molecule has 2 heteroatoms. The average molecular weight is 240 g/mol. The Kier molecular flexibility index (Phi) is 6.50. The molecular formula is C15H32N2. The summed E-state index contributed by atoms with van der Waals surface area (Å²) in [5, 5.41) is 0. The first-order valence-corrected chi connectivity index (χ1v) is 7.48. The standard InChI is InChI=1S/C15H32N2/c1-11(2)8-14(6-7-16)10-13-4-5-15(17)12(3)9-13/h11-15H,4-10,16-17H2,1-3H3. The van der Waals surface area contributed by atoms with Crippen LogP contribution in [-0.2, 0) is 0 Å². The summed E-state index contributed by atoms with van der Waals surface area (Å²) < 4.78 is 0. The van der Waals surface area contributed by atoms with Crippen LogP contribution in [0.15, 0.2) is 0 Å². The van der Waals surface area contributed by atoms with E-state index in [1.165, 1.54) is 38.5 Å². The minimum atomic E-state index is 0.448. The van der Waals surface area contributed by atoms with Crippen molar-refractivity contribution in [2.24, 2.45) is 35.1 Å². The molecule has 0 radical (unpaired) electrons. The lowest BCUT2D eigenvalue weighted by Crippen LogP contribution is -2.35. The van der Waals surface area contributed by atoms with Gasteiger partial charge in [-0.3, -0.25) is 0 Å². The first-order valence-electron chi connectivity index (χ1n) is 7.48. The van der Waals surface area contributed by atoms with E-state index in [4.69, 9.17) is 11.5 Å². The fourth-order valence-corrected chi connectivity index (χ4v) is 3.45. The summed E-state index contributed by atoms with van der Waals surface area (Å²) in [4.78, 5) is 0. The van der Waals surface area contributed by atoms with Gasteiger partial charge in [-0.25, -0.2) is 0 Å². The average Bonchev–Trinajstić information content (AvgIpc) is 2.23. The molecule has 0 amide bonds. The molecule has 1 rings (SSSR count). The van der Waals surface area contributed by atoms with Gasteiger partial charge in [0.05, 0.1) is 0 Å². The first kappa shape index (κ1) is 15.0. The van der Waals surface area contributed by atoms with Crippen LogP contribution in [0.4, 0.5) is 0 Å². The number of hydrogen-bond donors (Lipinski definition) is 2. The smallest absolute Gasteiger partial charge is 0.00647 e. The third kappa shape index (κ3) is 5.39. The zero-order valence-electron chi connectivity index (χ0n) is 12.0. The highest BCUT2D eigenvalue weighted by molar-refractivity contribution is 4.81. The molecule has 102 valence electrons. The summed E-state index contributed by atoms with van der Waals surface area (Å²) >= 11 is 0. The maximum absolute atomic E-state index is 6.09. The van der Waals surface area contributed by atoms with Crippen molar-refractivity contribution >= 4 is 0 Å². The van der Waals surface area contributed by atoms with Crippen LogP contribution in [-0.4, -0.2) is 12.6 Å². The van der Waals surface area contributed by atoms with E-state index in [9.17, 15) is 0 Å². The van der Waals surface area contributed by atoms with E-state index in [-0.39, 0.29) is 0 Å². The van der Waals surface area contributed by atoms with Crippen molar-refractivity contribution < 1.29 is 0 Å². The van der Waals surface area contributed by atoms with Crippen molar-refractivity contribution in [3.05, 3.63) is 0 Å². The Labute approximate surface area is 108 Å². The van der Waals surface area contributed by atoms with E-state index in [1.807, 2.05) is 0 Å². The van der Waals surface area contributed by atoms with E-state index >= 15 is 0 Å². The monoisotopic (exact) mass is 240 g/mol. The molecule has 2 nitrogen and oxygen atoms in total. The predicted molar refractivity (Wildman–Crippen MR) is 75.7 cm³/mol. The maximum atomic E-state index is 6.09. The maximum Gasteiger partial charge on any atom is 0.00647 e. The number of rotatable bonds is 6. The van der Waals surface area contributed by atoms with Gasteiger partial charge in [0.15, 0.2) is 0 Å². The Balaban J connectivity index is 2.38. The van der Waals surface area contributed by atoms with Gasteiger partial charge in [-0.05, 0) is 68.7 Å². The molecule has 17 heavy (non-hydrogen) atoms. The molecule has 0 saturated heterocycles. The van der Waals surface area contributed by atoms with Gasteiger partial charge in [-0.2, -0.15) is 0 Å². The molecule has 0 spiro atoms. The Morgan fingerprint density at radius 3 is 2.47 bits per heavy atom. The van der Waals surface area contributed by atoms with Gasteiger partial charge in [0.2, 0.25) is 0 Å². The van der Waals surface area contributed by atoms with Crippen LogP contribution in [0, 0.1) is 23.7 Å². The quantitative estimate of drug-likeness (QED) is 0.749. The highest BCUT2D eigenvalue weighted by atomic mass is 14.7. The largest absolute Gasteiger partial charge is 0.330 e. The van der Waals surface area contributed by atoms with Gasteiger partial charge in [0, 0.05) is 6.04 Å². The second-order valence-corrected chi connectivity index (χ2v) is 6.63. The summed E-state index contributed by atoms with van der Waals surface area (Å²) in [5.74, 6) is 3.26. The summed E-state index contributed by atoms with van der Waals surface area (Å²) in [6, 6.07) is 0.448. The van der Waals surface area contributed by atoms with Gasteiger partial charge < -0.3 is 11.5 Å². The lowest BCUT2D eigenvalue weighted by atomic mass is 9.74. The zero-order valence-corrected chi connectivity index (χ0v) is 12.0. The van der Waals surface area contributed by atoms with E-state index in [0.29, 0.717) is 12.0 Å². The second kappa shape index (κ2) is 7.38. The van der Waals surface area contributed by atoms with Gasteiger partial charge in [0.1, 0.15) is 0 Å². The Morgan fingerprint density at radius 2 is 1.94 bits per heavy atom. The summed E-state index contributed by atoms with van der Waals surface area (Å²) in [6.07, 6.45) is 7.82. The molecule has 0 aromatic heterocycles. The number of nitrogens with two attached hydrogens (primary N) is 2. The van der Waals surface area contributed by atoms with E-state index < -0.39 is 0 Å². The SMILES string of the molecule is CC(C)CC(CCN)CC1CCC(N)C(C)C1. The summed E-state index contributed by atoms with van der Waals surface area (Å²) in [7, 11) is 0. The minimum absolute atomic E-state index is 0.448. The molecule has 0 aliphatic heterocycles. The minimum Gasteiger partial charge on any atom is -0.330 e. The number of hydrogen-bond acceptors (Lipinski definition) is 2. The Bertz CT molecular complexity index is 203. The van der Waals surface area contributed by atoms with Crippen LogP contribution in [0.1, 0.15) is 59.3 Å². The molecule has 1 fully saturated rings. The Morgan fingerprint density at radius 1 is 1.24 bits per heavy atom. The van der Waals surface area contributed by atoms with E-state index in [0.717, 1.165) is 24.3 Å². The molecular weight excluding hydrogens is 208 g/mol. The van der Waals surface area contributed by atoms with Crippen LogP contribution >= 0.6 is 0 Å². The van der Waals surface area contributed by atoms with Crippen LogP contribution in [0.25, 0.3) is 0 Å². The second-order valence-electron chi connectivity index (χ2n) is 6.63. The van der Waals surface area contributed by atoms with Crippen molar-refractivity contribution in [2.45, 2.75) is 65.3 Å². The van der Waals surface area contributed by atoms with Gasteiger partial charge in [-0.1, -0.05) is 20.8 Å². The Hall–Kier alpha value is -0.0800. The van der Waals surface area contributed by atoms with Crippen molar-refractivity contribution in [1.82, 2.24) is 0 Å². The fourth-order valence-electron chi connectivity index (χ4n) is 3.45. The molecule has 1 saturated carbocycles. The van der Waals surface area contributed by atoms with Crippen molar-refractivity contribution in [1.29, 1.82) is 0 Å². The third-order valence-electron chi connectivity index (χ3n) is 4.39. The van der Waals surface area contributed by atoms with Crippen LogP contribution < -0.4 is 11.5 Å². The highest BCUT2D eigenvalue weighted by Crippen LogP contribution is 2.34. The molecule has 0 aromatic carbocycles. The summed E-state index contributed by atoms with van der Waals surface area (Å²) in [6.45, 7) is 7.81. The molecule has 1 aliphatic carbocycles. The van der Waals surface area contributed by atoms with Crippen LogP contribution in [0.3, 0.4) is 0 Å². The molecule has 4 N–H and O–H groups in total. The molecule has 0 aromatic rings. The van der Waals surface area contributed by atoms with Gasteiger partial charge in [0.25, 0.3) is 0 Å². The molecule has 0 bridgehead atoms. The third-order valence-corrected chi connectivity index (χ3v) is 4.39. The van der Waals surface area contributed by atoms with E-state index in [2.05, 4.69) is 20.8 Å². The molecule has 0 heterocycles. The molecule has 4 unspecified atom stereocenters. The normalized spacial score (nSPS) is 31.8. The van der Waals surface area contributed by atoms with Crippen LogP contribution in [0.5, 0.6) is 0 Å². The summed E-state index contributed by atoms with van der Waals surface area (Å²) in [5.41, 5.74) is 11.8. The molecule has 4 atom stereocenters. The van der Waals surface area contributed by atoms with Gasteiger partial charge >= 0.3 is 0 Å². The zero-order chi connectivity index (χ0) is 12.8. The predicted octanol–water partition coefficient (Wildman–Crippen LogP) is 3.15. The van der Waals surface area contributed by atoms with Crippen molar-refractivity contribution in [3.63, 3.8) is 0 Å². The lowest BCUT2D eigenvalue weighted by molar-refractivity contribution is 0.200. The van der Waals surface area contributed by atoms with E-state index in [1.54, 1.807) is 0 Å². The fraction of sp³-hybridized carbons (Fsp3) is 1.00. The lowest BCUT2D eigenvalue weighted by Gasteiger charge is -2.34. The van der Waals surface area contributed by atoms with Crippen molar-refractivity contribution in [3.8, 4) is 0 Å². The topological polar surface area (TPSA) is 52.0 Å². The molecule has 1 aliphatic rings. The highest BCUT2D eigenvalue weighted by Gasteiger charge is 2.26. The van der Waals surface area contributed by atoms with Crippen molar-refractivity contribution in [2.75, 3.05) is 6.54 Å². The van der Waals surface area contributed by atoms with Gasteiger partial charge in [-0.15, -0.1) is 0 Å².